The van der Waals surface area contributed by atoms with Gasteiger partial charge in [-0.05, 0) is 44.0 Å². The molecule has 2 rings (SSSR count). The normalized spacial score (nSPS) is 14.1. The van der Waals surface area contributed by atoms with Gasteiger partial charge >= 0.3 is 0 Å². The van der Waals surface area contributed by atoms with E-state index in [-0.39, 0.29) is 17.9 Å². The van der Waals surface area contributed by atoms with Gasteiger partial charge in [0.15, 0.2) is 0 Å². The number of hydrogen-bond acceptors (Lipinski definition) is 1. The first-order chi connectivity index (χ1) is 9.49. The van der Waals surface area contributed by atoms with Crippen LogP contribution in [0.15, 0.2) is 46.9 Å². The summed E-state index contributed by atoms with van der Waals surface area (Å²) in [7, 11) is 0. The van der Waals surface area contributed by atoms with Crippen molar-refractivity contribution in [2.24, 2.45) is 0 Å². The first-order valence-corrected chi connectivity index (χ1v) is 7.55. The molecule has 0 radical (unpaired) electrons. The van der Waals surface area contributed by atoms with Gasteiger partial charge in [0.25, 0.3) is 0 Å². The van der Waals surface area contributed by atoms with Gasteiger partial charge in [-0.3, -0.25) is 0 Å². The molecule has 0 aliphatic carbocycles. The Labute approximate surface area is 128 Å². The molecule has 0 aromatic heterocycles. The minimum atomic E-state index is -0.184. The SMILES string of the molecule is Cc1ccccc1[C@@H](C)NC(C)c1ccc(Br)cc1F. The molecule has 2 aromatic carbocycles. The van der Waals surface area contributed by atoms with Crippen LogP contribution in [0, 0.1) is 12.7 Å². The predicted octanol–water partition coefficient (Wildman–Crippen LogP) is 5.31. The molecule has 106 valence electrons. The van der Waals surface area contributed by atoms with Crippen LogP contribution in [0.2, 0.25) is 0 Å². The Morgan fingerprint density at radius 1 is 1.00 bits per heavy atom. The van der Waals surface area contributed by atoms with Crippen molar-refractivity contribution < 1.29 is 4.39 Å². The summed E-state index contributed by atoms with van der Waals surface area (Å²) in [5.41, 5.74) is 3.18. The zero-order valence-corrected chi connectivity index (χ0v) is 13.5. The fraction of sp³-hybridized carbons (Fsp3) is 0.294. The van der Waals surface area contributed by atoms with Crippen molar-refractivity contribution in [3.63, 3.8) is 0 Å². The average Bonchev–Trinajstić information content (AvgIpc) is 2.38. The van der Waals surface area contributed by atoms with Crippen LogP contribution in [0.4, 0.5) is 4.39 Å². The van der Waals surface area contributed by atoms with Crippen molar-refractivity contribution in [3.05, 3.63) is 69.4 Å². The molecule has 0 fully saturated rings. The number of benzene rings is 2. The highest BCUT2D eigenvalue weighted by molar-refractivity contribution is 9.10. The third kappa shape index (κ3) is 3.47. The van der Waals surface area contributed by atoms with Gasteiger partial charge in [0.1, 0.15) is 5.82 Å². The van der Waals surface area contributed by atoms with E-state index < -0.39 is 0 Å². The van der Waals surface area contributed by atoms with Gasteiger partial charge in [0, 0.05) is 22.1 Å². The van der Waals surface area contributed by atoms with Crippen molar-refractivity contribution in [3.8, 4) is 0 Å². The highest BCUT2D eigenvalue weighted by atomic mass is 79.9. The second-order valence-electron chi connectivity index (χ2n) is 5.13. The monoisotopic (exact) mass is 335 g/mol. The number of rotatable bonds is 4. The van der Waals surface area contributed by atoms with E-state index in [1.807, 2.05) is 31.2 Å². The zero-order valence-electron chi connectivity index (χ0n) is 12.0. The van der Waals surface area contributed by atoms with Crippen molar-refractivity contribution >= 4 is 15.9 Å². The minimum absolute atomic E-state index is 0.0438. The molecule has 0 bridgehead atoms. The van der Waals surface area contributed by atoms with Gasteiger partial charge in [0.2, 0.25) is 0 Å². The molecule has 0 heterocycles. The Balaban J connectivity index is 2.15. The standard InChI is InChI=1S/C17H19BrFN/c1-11-6-4-5-7-15(11)12(2)20-13(3)16-9-8-14(18)10-17(16)19/h4-10,12-13,20H,1-3H3/t12-,13?/m1/s1. The van der Waals surface area contributed by atoms with Crippen LogP contribution in [0.5, 0.6) is 0 Å². The number of halogens is 2. The highest BCUT2D eigenvalue weighted by Crippen LogP contribution is 2.25. The van der Waals surface area contributed by atoms with E-state index in [0.29, 0.717) is 5.56 Å². The summed E-state index contributed by atoms with van der Waals surface area (Å²) < 4.78 is 14.7. The molecule has 0 saturated heterocycles. The first-order valence-electron chi connectivity index (χ1n) is 6.75. The smallest absolute Gasteiger partial charge is 0.129 e. The molecule has 0 aliphatic heterocycles. The molecule has 2 atom stereocenters. The van der Waals surface area contributed by atoms with E-state index >= 15 is 0 Å². The quantitative estimate of drug-likeness (QED) is 0.798. The molecule has 3 heteroatoms. The van der Waals surface area contributed by atoms with E-state index in [1.165, 1.54) is 17.2 Å². The van der Waals surface area contributed by atoms with Crippen LogP contribution in [-0.2, 0) is 0 Å². The van der Waals surface area contributed by atoms with Gasteiger partial charge in [-0.1, -0.05) is 46.3 Å². The maximum absolute atomic E-state index is 14.0. The van der Waals surface area contributed by atoms with Crippen LogP contribution >= 0.6 is 15.9 Å². The summed E-state index contributed by atoms with van der Waals surface area (Å²) in [5, 5.41) is 3.46. The molecule has 0 aliphatic rings. The lowest BCUT2D eigenvalue weighted by molar-refractivity contribution is 0.472. The van der Waals surface area contributed by atoms with E-state index in [1.54, 1.807) is 0 Å². The van der Waals surface area contributed by atoms with Crippen molar-refractivity contribution in [2.75, 3.05) is 0 Å². The lowest BCUT2D eigenvalue weighted by Gasteiger charge is -2.22. The Bertz CT molecular complexity index is 597. The maximum atomic E-state index is 14.0. The average molecular weight is 336 g/mol. The summed E-state index contributed by atoms with van der Waals surface area (Å²) in [6, 6.07) is 13.6. The molecule has 20 heavy (non-hydrogen) atoms. The Morgan fingerprint density at radius 3 is 2.30 bits per heavy atom. The van der Waals surface area contributed by atoms with Crippen LogP contribution in [0.3, 0.4) is 0 Å². The van der Waals surface area contributed by atoms with Crippen molar-refractivity contribution in [1.29, 1.82) is 0 Å². The molecular formula is C17H19BrFN. The Kier molecular flexibility index (Phi) is 4.95. The first kappa shape index (κ1) is 15.2. The van der Waals surface area contributed by atoms with Crippen LogP contribution < -0.4 is 5.32 Å². The predicted molar refractivity (Wildman–Crippen MR) is 85.2 cm³/mol. The molecular weight excluding hydrogens is 317 g/mol. The lowest BCUT2D eigenvalue weighted by Crippen LogP contribution is -2.23. The summed E-state index contributed by atoms with van der Waals surface area (Å²) in [6.45, 7) is 6.19. The molecule has 0 amide bonds. The number of nitrogens with one attached hydrogen (secondary N) is 1. The lowest BCUT2D eigenvalue weighted by atomic mass is 10.0. The largest absolute Gasteiger partial charge is 0.304 e. The second kappa shape index (κ2) is 6.51. The molecule has 2 aromatic rings. The van der Waals surface area contributed by atoms with Crippen LogP contribution in [0.25, 0.3) is 0 Å². The van der Waals surface area contributed by atoms with Crippen molar-refractivity contribution in [2.45, 2.75) is 32.9 Å². The third-order valence-corrected chi connectivity index (χ3v) is 4.08. The van der Waals surface area contributed by atoms with E-state index in [4.69, 9.17) is 0 Å². The summed E-state index contributed by atoms with van der Waals surface area (Å²) >= 11 is 3.28. The van der Waals surface area contributed by atoms with Gasteiger partial charge < -0.3 is 5.32 Å². The highest BCUT2D eigenvalue weighted by Gasteiger charge is 2.15. The van der Waals surface area contributed by atoms with E-state index in [0.717, 1.165) is 4.47 Å². The number of aryl methyl sites for hydroxylation is 1. The van der Waals surface area contributed by atoms with Crippen LogP contribution in [-0.4, -0.2) is 0 Å². The minimum Gasteiger partial charge on any atom is -0.304 e. The Hall–Kier alpha value is -1.19. The van der Waals surface area contributed by atoms with Gasteiger partial charge in [-0.15, -0.1) is 0 Å². The van der Waals surface area contributed by atoms with E-state index in [2.05, 4.69) is 47.2 Å². The molecule has 1 nitrogen and oxygen atoms in total. The van der Waals surface area contributed by atoms with Gasteiger partial charge in [-0.2, -0.15) is 0 Å². The fourth-order valence-corrected chi connectivity index (χ4v) is 2.81. The third-order valence-electron chi connectivity index (χ3n) is 3.58. The van der Waals surface area contributed by atoms with Crippen LogP contribution in [0.1, 0.15) is 42.6 Å². The van der Waals surface area contributed by atoms with E-state index in [9.17, 15) is 4.39 Å². The van der Waals surface area contributed by atoms with Crippen molar-refractivity contribution in [1.82, 2.24) is 5.32 Å². The Morgan fingerprint density at radius 2 is 1.65 bits per heavy atom. The zero-order chi connectivity index (χ0) is 14.7. The summed E-state index contributed by atoms with van der Waals surface area (Å²) in [6.07, 6.45) is 0. The van der Waals surface area contributed by atoms with Gasteiger partial charge in [0.05, 0.1) is 0 Å². The fourth-order valence-electron chi connectivity index (χ4n) is 2.48. The molecule has 1 N–H and O–H groups in total. The number of hydrogen-bond donors (Lipinski definition) is 1. The molecule has 0 spiro atoms. The molecule has 0 saturated carbocycles. The second-order valence-corrected chi connectivity index (χ2v) is 6.05. The summed E-state index contributed by atoms with van der Waals surface area (Å²) in [5.74, 6) is -0.184. The van der Waals surface area contributed by atoms with Gasteiger partial charge in [-0.25, -0.2) is 4.39 Å². The topological polar surface area (TPSA) is 12.0 Å². The summed E-state index contributed by atoms with van der Waals surface area (Å²) in [4.78, 5) is 0. The molecule has 1 unspecified atom stereocenters. The maximum Gasteiger partial charge on any atom is 0.129 e.